The van der Waals surface area contributed by atoms with Crippen LogP contribution in [0.3, 0.4) is 0 Å². The zero-order chi connectivity index (χ0) is 16.3. The van der Waals surface area contributed by atoms with Gasteiger partial charge in [-0.15, -0.1) is 0 Å². The quantitative estimate of drug-likeness (QED) is 0.796. The normalized spacial score (nSPS) is 12.9. The summed E-state index contributed by atoms with van der Waals surface area (Å²) in [4.78, 5) is 2.00. The van der Waals surface area contributed by atoms with E-state index in [1.54, 1.807) is 6.07 Å². The molecule has 0 bridgehead atoms. The van der Waals surface area contributed by atoms with Gasteiger partial charge in [0.25, 0.3) is 0 Å². The number of aliphatic hydroxyl groups is 1. The number of benzene rings is 1. The minimum absolute atomic E-state index is 0.00336. The number of rotatable bonds is 7. The molecule has 0 aliphatic rings. The smallest absolute Gasteiger partial charge is 0.242 e. The molecule has 0 aliphatic heterocycles. The van der Waals surface area contributed by atoms with Crippen LogP contribution in [0.25, 0.3) is 0 Å². The fraction of sp³-hybridized carbons (Fsp3) is 0.571. The average Bonchev–Trinajstić information content (AvgIpc) is 2.36. The summed E-state index contributed by atoms with van der Waals surface area (Å²) in [7, 11) is 0.180. The SMILES string of the molecule is CN(C)CC(C)(C)CNS(=O)(=O)c1cc(CO)ccc1Cl. The maximum absolute atomic E-state index is 12.4. The molecule has 0 atom stereocenters. The van der Waals surface area contributed by atoms with Crippen molar-refractivity contribution in [2.75, 3.05) is 27.2 Å². The van der Waals surface area contributed by atoms with E-state index in [0.717, 1.165) is 6.54 Å². The van der Waals surface area contributed by atoms with Crippen LogP contribution in [-0.2, 0) is 16.6 Å². The molecule has 0 unspecified atom stereocenters. The average molecular weight is 335 g/mol. The Morgan fingerprint density at radius 1 is 1.33 bits per heavy atom. The Balaban J connectivity index is 2.92. The second-order valence-corrected chi connectivity index (χ2v) is 8.29. The molecule has 1 aromatic carbocycles. The van der Waals surface area contributed by atoms with E-state index in [0.29, 0.717) is 12.1 Å². The van der Waals surface area contributed by atoms with Gasteiger partial charge in [0.15, 0.2) is 0 Å². The van der Waals surface area contributed by atoms with Crippen LogP contribution < -0.4 is 4.72 Å². The second kappa shape index (κ2) is 7.07. The predicted octanol–water partition coefficient (Wildman–Crippen LogP) is 1.70. The highest BCUT2D eigenvalue weighted by atomic mass is 35.5. The van der Waals surface area contributed by atoms with Crippen LogP contribution in [0.2, 0.25) is 5.02 Å². The number of sulfonamides is 1. The lowest BCUT2D eigenvalue weighted by molar-refractivity contribution is 0.242. The molecule has 2 N–H and O–H groups in total. The number of aliphatic hydroxyl groups excluding tert-OH is 1. The van der Waals surface area contributed by atoms with Crippen molar-refractivity contribution < 1.29 is 13.5 Å². The van der Waals surface area contributed by atoms with Crippen molar-refractivity contribution >= 4 is 21.6 Å². The summed E-state index contributed by atoms with van der Waals surface area (Å²) in [6.07, 6.45) is 0. The summed E-state index contributed by atoms with van der Waals surface area (Å²) < 4.78 is 27.3. The highest BCUT2D eigenvalue weighted by molar-refractivity contribution is 7.89. The Morgan fingerprint density at radius 2 is 1.95 bits per heavy atom. The summed E-state index contributed by atoms with van der Waals surface area (Å²) >= 11 is 5.96. The molecule has 0 aromatic heterocycles. The summed E-state index contributed by atoms with van der Waals surface area (Å²) in [5.74, 6) is 0. The Hall–Kier alpha value is -0.660. The first kappa shape index (κ1) is 18.4. The first-order valence-electron chi connectivity index (χ1n) is 6.61. The third-order valence-electron chi connectivity index (χ3n) is 2.95. The minimum atomic E-state index is -3.70. The number of hydrogen-bond acceptors (Lipinski definition) is 4. The van der Waals surface area contributed by atoms with E-state index >= 15 is 0 Å². The molecule has 0 fully saturated rings. The Kier molecular flexibility index (Phi) is 6.19. The zero-order valence-electron chi connectivity index (χ0n) is 12.9. The molecular weight excluding hydrogens is 312 g/mol. The number of hydrogen-bond donors (Lipinski definition) is 2. The van der Waals surface area contributed by atoms with Crippen LogP contribution >= 0.6 is 11.6 Å². The van der Waals surface area contributed by atoms with Crippen LogP contribution in [-0.4, -0.2) is 45.6 Å². The fourth-order valence-corrected chi connectivity index (χ4v) is 3.92. The van der Waals surface area contributed by atoms with Gasteiger partial charge in [-0.05, 0) is 37.2 Å². The van der Waals surface area contributed by atoms with E-state index in [2.05, 4.69) is 4.72 Å². The molecular formula is C14H23ClN2O3S. The molecule has 0 saturated heterocycles. The monoisotopic (exact) mass is 334 g/mol. The van der Waals surface area contributed by atoms with Gasteiger partial charge in [-0.2, -0.15) is 0 Å². The molecule has 0 amide bonds. The van der Waals surface area contributed by atoms with Gasteiger partial charge < -0.3 is 10.0 Å². The van der Waals surface area contributed by atoms with Crippen LogP contribution in [0.4, 0.5) is 0 Å². The lowest BCUT2D eigenvalue weighted by Crippen LogP contribution is -2.40. The molecule has 7 heteroatoms. The second-order valence-electron chi connectivity index (χ2n) is 6.15. The molecule has 0 spiro atoms. The fourth-order valence-electron chi connectivity index (χ4n) is 2.13. The molecule has 0 saturated carbocycles. The van der Waals surface area contributed by atoms with Crippen molar-refractivity contribution in [3.8, 4) is 0 Å². The van der Waals surface area contributed by atoms with E-state index in [1.165, 1.54) is 12.1 Å². The van der Waals surface area contributed by atoms with Crippen molar-refractivity contribution in [3.63, 3.8) is 0 Å². The largest absolute Gasteiger partial charge is 0.392 e. The van der Waals surface area contributed by atoms with Crippen LogP contribution in [0.15, 0.2) is 23.1 Å². The summed E-state index contributed by atoms with van der Waals surface area (Å²) in [5.41, 5.74) is 0.296. The van der Waals surface area contributed by atoms with Crippen LogP contribution in [0.5, 0.6) is 0 Å². The summed E-state index contributed by atoms with van der Waals surface area (Å²) in [6, 6.07) is 4.47. The standard InChI is InChI=1S/C14H23ClN2O3S/c1-14(2,10-17(3)4)9-16-21(19,20)13-7-11(8-18)5-6-12(13)15/h5-7,16,18H,8-10H2,1-4H3. The first-order chi connectivity index (χ1) is 9.57. The molecule has 0 heterocycles. The summed E-state index contributed by atoms with van der Waals surface area (Å²) in [5, 5.41) is 9.26. The van der Waals surface area contributed by atoms with Gasteiger partial charge in [-0.25, -0.2) is 13.1 Å². The molecule has 1 aromatic rings. The number of halogens is 1. The van der Waals surface area contributed by atoms with Gasteiger partial charge in [0.05, 0.1) is 11.6 Å². The lowest BCUT2D eigenvalue weighted by Gasteiger charge is -2.28. The third-order valence-corrected chi connectivity index (χ3v) is 4.84. The topological polar surface area (TPSA) is 69.6 Å². The molecule has 21 heavy (non-hydrogen) atoms. The van der Waals surface area contributed by atoms with Crippen molar-refractivity contribution in [2.24, 2.45) is 5.41 Å². The van der Waals surface area contributed by atoms with Gasteiger partial charge in [0, 0.05) is 13.1 Å². The van der Waals surface area contributed by atoms with Crippen molar-refractivity contribution in [1.82, 2.24) is 9.62 Å². The van der Waals surface area contributed by atoms with Crippen molar-refractivity contribution in [2.45, 2.75) is 25.3 Å². The predicted molar refractivity (Wildman–Crippen MR) is 84.9 cm³/mol. The molecule has 0 aliphatic carbocycles. The number of nitrogens with zero attached hydrogens (tertiary/aromatic N) is 1. The van der Waals surface area contributed by atoms with Crippen LogP contribution in [0.1, 0.15) is 19.4 Å². The van der Waals surface area contributed by atoms with E-state index in [-0.39, 0.29) is 21.9 Å². The maximum atomic E-state index is 12.4. The maximum Gasteiger partial charge on any atom is 0.242 e. The van der Waals surface area contributed by atoms with Gasteiger partial charge in [-0.3, -0.25) is 0 Å². The third kappa shape index (κ3) is 5.56. The first-order valence-corrected chi connectivity index (χ1v) is 8.47. The zero-order valence-corrected chi connectivity index (χ0v) is 14.4. The van der Waals surface area contributed by atoms with Gasteiger partial charge in [-0.1, -0.05) is 31.5 Å². The Labute approximate surface area is 132 Å². The molecule has 0 radical (unpaired) electrons. The lowest BCUT2D eigenvalue weighted by atomic mass is 9.93. The number of nitrogens with one attached hydrogen (secondary N) is 1. The van der Waals surface area contributed by atoms with Crippen molar-refractivity contribution in [1.29, 1.82) is 0 Å². The van der Waals surface area contributed by atoms with Crippen LogP contribution in [0, 0.1) is 5.41 Å². The van der Waals surface area contributed by atoms with Gasteiger partial charge >= 0.3 is 0 Å². The van der Waals surface area contributed by atoms with E-state index in [9.17, 15) is 8.42 Å². The highest BCUT2D eigenvalue weighted by Crippen LogP contribution is 2.23. The Morgan fingerprint density at radius 3 is 2.48 bits per heavy atom. The minimum Gasteiger partial charge on any atom is -0.392 e. The van der Waals surface area contributed by atoms with E-state index in [1.807, 2.05) is 32.8 Å². The van der Waals surface area contributed by atoms with E-state index in [4.69, 9.17) is 16.7 Å². The summed E-state index contributed by atoms with van der Waals surface area (Å²) in [6.45, 7) is 4.79. The van der Waals surface area contributed by atoms with Gasteiger partial charge in [0.2, 0.25) is 10.0 Å². The van der Waals surface area contributed by atoms with Gasteiger partial charge in [0.1, 0.15) is 4.90 Å². The van der Waals surface area contributed by atoms with E-state index < -0.39 is 10.0 Å². The Bertz CT molecular complexity index is 586. The molecule has 5 nitrogen and oxygen atoms in total. The van der Waals surface area contributed by atoms with Crippen molar-refractivity contribution in [3.05, 3.63) is 28.8 Å². The molecule has 120 valence electrons. The molecule has 1 rings (SSSR count). The highest BCUT2D eigenvalue weighted by Gasteiger charge is 2.24.